The minimum atomic E-state index is 0.310. The Hall–Kier alpha value is -2.55. The molecular weight excluding hydrogens is 388 g/mol. The third kappa shape index (κ3) is 4.72. The minimum absolute atomic E-state index is 0.310. The molecule has 1 N–H and O–H groups in total. The van der Waals surface area contributed by atoms with Crippen molar-refractivity contribution in [3.63, 3.8) is 0 Å². The summed E-state index contributed by atoms with van der Waals surface area (Å²) in [6.07, 6.45) is 1.76. The topological polar surface area (TPSA) is 75.1 Å². The number of aryl methyl sites for hydroxylation is 1. The Balaban J connectivity index is 1.32. The summed E-state index contributed by atoms with van der Waals surface area (Å²) < 4.78 is 15.2. The van der Waals surface area contributed by atoms with E-state index in [2.05, 4.69) is 50.5 Å². The number of ether oxygens (including phenoxy) is 2. The molecule has 1 aromatic heterocycles. The Labute approximate surface area is 175 Å². The van der Waals surface area contributed by atoms with E-state index in [9.17, 15) is 0 Å². The molecule has 1 aromatic carbocycles. The maximum Gasteiger partial charge on any atom is 0.231 e. The number of rotatable bonds is 6. The number of hydrogen-bond acceptors (Lipinski definition) is 7. The van der Waals surface area contributed by atoms with Gasteiger partial charge in [-0.25, -0.2) is 4.98 Å². The number of piperazine rings is 1. The predicted molar refractivity (Wildman–Crippen MR) is 115 cm³/mol. The molecule has 4 rings (SSSR count). The molecule has 9 heteroatoms. The Morgan fingerprint density at radius 2 is 2.00 bits per heavy atom. The highest BCUT2D eigenvalue weighted by molar-refractivity contribution is 7.09. The van der Waals surface area contributed by atoms with Gasteiger partial charge in [0.15, 0.2) is 17.5 Å². The maximum absolute atomic E-state index is 5.46. The number of nitrogens with one attached hydrogen (secondary N) is 1. The molecule has 1 fully saturated rings. The van der Waals surface area contributed by atoms with Gasteiger partial charge in [0.25, 0.3) is 0 Å². The third-order valence-corrected chi connectivity index (χ3v) is 5.87. The quantitative estimate of drug-likeness (QED) is 0.571. The van der Waals surface area contributed by atoms with E-state index in [0.29, 0.717) is 6.79 Å². The average molecular weight is 417 g/mol. The van der Waals surface area contributed by atoms with Gasteiger partial charge in [-0.15, -0.1) is 0 Å². The fraction of sp³-hybridized carbons (Fsp3) is 0.550. The fourth-order valence-corrected chi connectivity index (χ4v) is 4.24. The van der Waals surface area contributed by atoms with Crippen LogP contribution in [0.2, 0.25) is 0 Å². The van der Waals surface area contributed by atoms with Gasteiger partial charge in [0, 0.05) is 57.2 Å². The molecule has 0 aliphatic carbocycles. The van der Waals surface area contributed by atoms with Gasteiger partial charge >= 0.3 is 0 Å². The second-order valence-corrected chi connectivity index (χ2v) is 7.72. The summed E-state index contributed by atoms with van der Waals surface area (Å²) in [6, 6.07) is 6.11. The van der Waals surface area contributed by atoms with Gasteiger partial charge in [0.05, 0.1) is 0 Å². The molecule has 2 aromatic rings. The van der Waals surface area contributed by atoms with Crippen LogP contribution >= 0.6 is 11.5 Å². The molecule has 0 spiro atoms. The van der Waals surface area contributed by atoms with Crippen molar-refractivity contribution in [1.29, 1.82) is 0 Å². The van der Waals surface area contributed by atoms with Gasteiger partial charge in [-0.2, -0.15) is 4.37 Å². The first-order chi connectivity index (χ1) is 14.3. The minimum Gasteiger partial charge on any atom is -0.454 e. The van der Waals surface area contributed by atoms with Gasteiger partial charge in [-0.1, -0.05) is 13.0 Å². The lowest BCUT2D eigenvalue weighted by Gasteiger charge is -2.36. The van der Waals surface area contributed by atoms with Crippen molar-refractivity contribution >= 4 is 22.6 Å². The van der Waals surface area contributed by atoms with E-state index in [-0.39, 0.29) is 0 Å². The molecule has 29 heavy (non-hydrogen) atoms. The van der Waals surface area contributed by atoms with E-state index in [1.165, 1.54) is 17.1 Å². The van der Waals surface area contributed by atoms with Gasteiger partial charge in [0.1, 0.15) is 5.82 Å². The Bertz CT molecular complexity index is 847. The molecule has 0 atom stereocenters. The molecule has 0 amide bonds. The predicted octanol–water partition coefficient (Wildman–Crippen LogP) is 2.16. The number of aromatic nitrogens is 2. The summed E-state index contributed by atoms with van der Waals surface area (Å²) >= 11 is 1.50. The second kappa shape index (κ2) is 9.30. The molecule has 0 saturated carbocycles. The van der Waals surface area contributed by atoms with E-state index >= 15 is 0 Å². The van der Waals surface area contributed by atoms with Crippen molar-refractivity contribution in [1.82, 2.24) is 19.6 Å². The van der Waals surface area contributed by atoms with Crippen LogP contribution in [0.1, 0.15) is 25.2 Å². The van der Waals surface area contributed by atoms with E-state index < -0.39 is 0 Å². The highest BCUT2D eigenvalue weighted by Gasteiger charge is 2.22. The number of nitrogens with zero attached hydrogens (tertiary/aromatic N) is 5. The SMILES string of the molecule is CCNC(=NCCc1ccc2c(c1)OCO2)N1CCN(c2nc(CC)ns2)CC1. The molecule has 0 radical (unpaired) electrons. The van der Waals surface area contributed by atoms with E-state index in [1.54, 1.807) is 0 Å². The van der Waals surface area contributed by atoms with Crippen LogP contribution in [0, 0.1) is 0 Å². The van der Waals surface area contributed by atoms with Crippen molar-refractivity contribution in [2.75, 3.05) is 51.0 Å². The number of anilines is 1. The van der Waals surface area contributed by atoms with Gasteiger partial charge < -0.3 is 24.6 Å². The average Bonchev–Trinajstić information content (AvgIpc) is 3.42. The summed E-state index contributed by atoms with van der Waals surface area (Å²) in [5, 5.41) is 4.47. The summed E-state index contributed by atoms with van der Waals surface area (Å²) in [7, 11) is 0. The van der Waals surface area contributed by atoms with Crippen LogP contribution in [-0.4, -0.2) is 66.3 Å². The monoisotopic (exact) mass is 416 g/mol. The lowest BCUT2D eigenvalue weighted by molar-refractivity contribution is 0.174. The number of hydrogen-bond donors (Lipinski definition) is 1. The highest BCUT2D eigenvalue weighted by atomic mass is 32.1. The number of benzene rings is 1. The standard InChI is InChI=1S/C20H28N6O2S/c1-3-18-23-20(29-24-18)26-11-9-25(10-12-26)19(21-4-2)22-8-7-15-5-6-16-17(13-15)28-14-27-16/h5-6,13H,3-4,7-12,14H2,1-2H3,(H,21,22). The first-order valence-corrected chi connectivity index (χ1v) is 11.0. The molecule has 1 saturated heterocycles. The summed E-state index contributed by atoms with van der Waals surface area (Å²) in [5.41, 5.74) is 1.21. The lowest BCUT2D eigenvalue weighted by atomic mass is 10.1. The van der Waals surface area contributed by atoms with Gasteiger partial charge in [-0.05, 0) is 31.0 Å². The first kappa shape index (κ1) is 19.8. The molecule has 3 heterocycles. The Morgan fingerprint density at radius 3 is 2.76 bits per heavy atom. The molecule has 0 unspecified atom stereocenters. The first-order valence-electron chi connectivity index (χ1n) is 10.3. The smallest absolute Gasteiger partial charge is 0.231 e. The second-order valence-electron chi connectivity index (χ2n) is 6.99. The molecule has 0 bridgehead atoms. The molecule has 156 valence electrons. The van der Waals surface area contributed by atoms with Crippen molar-refractivity contribution in [3.05, 3.63) is 29.6 Å². The van der Waals surface area contributed by atoms with Gasteiger partial charge in [0.2, 0.25) is 11.9 Å². The van der Waals surface area contributed by atoms with Crippen LogP contribution < -0.4 is 19.7 Å². The van der Waals surface area contributed by atoms with E-state index in [0.717, 1.165) is 80.5 Å². The zero-order valence-corrected chi connectivity index (χ0v) is 17.9. The highest BCUT2D eigenvalue weighted by Crippen LogP contribution is 2.32. The van der Waals surface area contributed by atoms with Crippen LogP contribution in [0.3, 0.4) is 0 Å². The van der Waals surface area contributed by atoms with Crippen molar-refractivity contribution < 1.29 is 9.47 Å². The summed E-state index contributed by atoms with van der Waals surface area (Å²) in [4.78, 5) is 14.1. The van der Waals surface area contributed by atoms with Crippen LogP contribution in [0.25, 0.3) is 0 Å². The molecule has 8 nitrogen and oxygen atoms in total. The van der Waals surface area contributed by atoms with Crippen molar-refractivity contribution in [2.24, 2.45) is 4.99 Å². The van der Waals surface area contributed by atoms with E-state index in [4.69, 9.17) is 14.5 Å². The normalized spacial score (nSPS) is 16.4. The Morgan fingerprint density at radius 1 is 1.17 bits per heavy atom. The molecule has 2 aliphatic heterocycles. The fourth-order valence-electron chi connectivity index (χ4n) is 3.44. The van der Waals surface area contributed by atoms with Crippen LogP contribution in [0.5, 0.6) is 11.5 Å². The number of aliphatic imine (C=N–C) groups is 1. The van der Waals surface area contributed by atoms with Crippen molar-refractivity contribution in [3.8, 4) is 11.5 Å². The Kier molecular flexibility index (Phi) is 6.33. The maximum atomic E-state index is 5.46. The third-order valence-electron chi connectivity index (χ3n) is 5.06. The number of fused-ring (bicyclic) bond motifs is 1. The van der Waals surface area contributed by atoms with Crippen LogP contribution in [-0.2, 0) is 12.8 Å². The van der Waals surface area contributed by atoms with Gasteiger partial charge in [-0.3, -0.25) is 4.99 Å². The molecule has 2 aliphatic rings. The largest absolute Gasteiger partial charge is 0.454 e. The summed E-state index contributed by atoms with van der Waals surface area (Å²) in [6.45, 7) is 9.83. The zero-order chi connectivity index (χ0) is 20.1. The van der Waals surface area contributed by atoms with Crippen LogP contribution in [0.15, 0.2) is 23.2 Å². The lowest BCUT2D eigenvalue weighted by Crippen LogP contribution is -2.52. The van der Waals surface area contributed by atoms with Crippen molar-refractivity contribution in [2.45, 2.75) is 26.7 Å². The van der Waals surface area contributed by atoms with E-state index in [1.807, 2.05) is 6.07 Å². The zero-order valence-electron chi connectivity index (χ0n) is 17.1. The molecular formula is C20H28N6O2S. The summed E-state index contributed by atoms with van der Waals surface area (Å²) in [5.74, 6) is 3.58. The number of guanidine groups is 1. The van der Waals surface area contributed by atoms with Crippen LogP contribution in [0.4, 0.5) is 5.13 Å².